The van der Waals surface area contributed by atoms with Crippen LogP contribution in [0.5, 0.6) is 0 Å². The summed E-state index contributed by atoms with van der Waals surface area (Å²) in [5, 5.41) is 1.95. The van der Waals surface area contributed by atoms with Crippen LogP contribution in [0.2, 0.25) is 0 Å². The molecule has 0 fully saturated rings. The minimum atomic E-state index is -4.12. The number of hydrogen-bond acceptors (Lipinski definition) is 7. The molecule has 0 aliphatic heterocycles. The van der Waals surface area contributed by atoms with Gasteiger partial charge in [0.25, 0.3) is 15.6 Å². The van der Waals surface area contributed by atoms with Crippen molar-refractivity contribution in [3.8, 4) is 0 Å². The number of aryl methyl sites for hydroxylation is 2. The molecule has 2 aromatic heterocycles. The van der Waals surface area contributed by atoms with Gasteiger partial charge in [-0.05, 0) is 31.2 Å². The Labute approximate surface area is 157 Å². The molecule has 26 heavy (non-hydrogen) atoms. The number of thiazole rings is 1. The van der Waals surface area contributed by atoms with E-state index in [1.54, 1.807) is 24.3 Å². The summed E-state index contributed by atoms with van der Waals surface area (Å²) in [6.45, 7) is 1.92. The lowest BCUT2D eigenvalue weighted by molar-refractivity contribution is 0.596. The Morgan fingerprint density at radius 3 is 2.54 bits per heavy atom. The summed E-state index contributed by atoms with van der Waals surface area (Å²) in [7, 11) is -2.77. The average Bonchev–Trinajstić information content (AvgIpc) is 2.97. The van der Waals surface area contributed by atoms with Crippen molar-refractivity contribution in [2.45, 2.75) is 21.1 Å². The van der Waals surface area contributed by atoms with Crippen LogP contribution in [0.25, 0.3) is 0 Å². The number of anilines is 1. The van der Waals surface area contributed by atoms with Crippen molar-refractivity contribution in [2.24, 2.45) is 7.05 Å². The number of benzene rings is 1. The van der Waals surface area contributed by atoms with E-state index in [1.807, 2.05) is 17.3 Å². The lowest BCUT2D eigenvalue weighted by Gasteiger charge is -2.08. The largest absolute Gasteiger partial charge is 0.328 e. The molecule has 1 aromatic carbocycles. The first-order chi connectivity index (χ1) is 12.2. The van der Waals surface area contributed by atoms with E-state index in [9.17, 15) is 18.0 Å². The summed E-state index contributed by atoms with van der Waals surface area (Å²) in [6.07, 6.45) is 0.985. The molecular weight excluding hydrogens is 396 g/mol. The van der Waals surface area contributed by atoms with Gasteiger partial charge in [-0.3, -0.25) is 14.5 Å². The van der Waals surface area contributed by atoms with E-state index in [0.29, 0.717) is 5.69 Å². The molecule has 8 nitrogen and oxygen atoms in total. The second-order valence-electron chi connectivity index (χ2n) is 5.35. The molecule has 0 spiro atoms. The highest BCUT2D eigenvalue weighted by Gasteiger charge is 2.20. The molecule has 0 aliphatic rings. The fourth-order valence-corrected chi connectivity index (χ4v) is 4.97. The van der Waals surface area contributed by atoms with Gasteiger partial charge in [-0.2, -0.15) is 0 Å². The third-order valence-electron chi connectivity index (χ3n) is 3.27. The molecule has 3 aromatic rings. The van der Waals surface area contributed by atoms with E-state index in [0.717, 1.165) is 25.7 Å². The quantitative estimate of drug-likeness (QED) is 0.663. The number of nitrogens with zero attached hydrogens (tertiary/aromatic N) is 2. The number of rotatable bonds is 5. The van der Waals surface area contributed by atoms with E-state index in [2.05, 4.69) is 9.71 Å². The normalized spacial score (nSPS) is 11.5. The number of aromatic nitrogens is 3. The topological polar surface area (TPSA) is 114 Å². The maximum absolute atomic E-state index is 12.4. The van der Waals surface area contributed by atoms with Crippen molar-refractivity contribution in [3.05, 3.63) is 62.4 Å². The maximum Gasteiger partial charge on any atom is 0.328 e. The van der Waals surface area contributed by atoms with Crippen molar-refractivity contribution < 1.29 is 8.42 Å². The predicted octanol–water partition coefficient (Wildman–Crippen LogP) is 1.79. The predicted molar refractivity (Wildman–Crippen MR) is 101 cm³/mol. The second kappa shape index (κ2) is 7.09. The number of H-pyrrole nitrogens is 1. The third kappa shape index (κ3) is 4.06. The van der Waals surface area contributed by atoms with Gasteiger partial charge in [0.1, 0.15) is 0 Å². The van der Waals surface area contributed by atoms with Gasteiger partial charge in [-0.1, -0.05) is 11.8 Å². The molecule has 2 N–H and O–H groups in total. The van der Waals surface area contributed by atoms with Gasteiger partial charge in [0.15, 0.2) is 9.24 Å². The van der Waals surface area contributed by atoms with Gasteiger partial charge in [0, 0.05) is 34.9 Å². The highest BCUT2D eigenvalue weighted by molar-refractivity contribution is 8.01. The lowest BCUT2D eigenvalue weighted by atomic mass is 10.3. The minimum absolute atomic E-state index is 0.304. The van der Waals surface area contributed by atoms with Crippen molar-refractivity contribution >= 4 is 38.8 Å². The fourth-order valence-electron chi connectivity index (χ4n) is 2.01. The lowest BCUT2D eigenvalue weighted by Crippen LogP contribution is -2.33. The zero-order valence-corrected chi connectivity index (χ0v) is 16.2. The molecule has 0 aliphatic carbocycles. The van der Waals surface area contributed by atoms with Crippen molar-refractivity contribution in [2.75, 3.05) is 4.72 Å². The van der Waals surface area contributed by atoms with Crippen molar-refractivity contribution in [3.63, 3.8) is 0 Å². The zero-order valence-electron chi connectivity index (χ0n) is 13.7. The first-order valence-electron chi connectivity index (χ1n) is 7.27. The van der Waals surface area contributed by atoms with Crippen LogP contribution in [0.3, 0.4) is 0 Å². The number of aromatic amines is 1. The molecular formula is C15H14N4O4S3. The number of nitrogens with one attached hydrogen (secondary N) is 2. The summed E-state index contributed by atoms with van der Waals surface area (Å²) < 4.78 is 29.0. The molecule has 3 rings (SSSR count). The summed E-state index contributed by atoms with van der Waals surface area (Å²) >= 11 is 3.01. The Morgan fingerprint density at radius 1 is 1.23 bits per heavy atom. The Hall–Kier alpha value is -2.37. The molecule has 0 radical (unpaired) electrons. The number of sulfonamides is 1. The Bertz CT molecular complexity index is 1160. The molecule has 0 saturated carbocycles. The van der Waals surface area contributed by atoms with Crippen LogP contribution >= 0.6 is 23.1 Å². The van der Waals surface area contributed by atoms with Gasteiger partial charge in [0.2, 0.25) is 0 Å². The zero-order chi connectivity index (χ0) is 18.9. The Morgan fingerprint density at radius 2 is 1.92 bits per heavy atom. The minimum Gasteiger partial charge on any atom is -0.302 e. The molecule has 0 bridgehead atoms. The van der Waals surface area contributed by atoms with Crippen LogP contribution in [-0.2, 0) is 17.1 Å². The second-order valence-corrected chi connectivity index (χ2v) is 9.18. The third-order valence-corrected chi connectivity index (χ3v) is 6.71. The van der Waals surface area contributed by atoms with Crippen LogP contribution < -0.4 is 16.0 Å². The molecule has 2 heterocycles. The van der Waals surface area contributed by atoms with Crippen LogP contribution in [-0.4, -0.2) is 23.0 Å². The highest BCUT2D eigenvalue weighted by atomic mass is 32.2. The summed E-state index contributed by atoms with van der Waals surface area (Å²) in [5.74, 6) is 0. The fraction of sp³-hybridized carbons (Fsp3) is 0.133. The number of hydrogen-bond donors (Lipinski definition) is 2. The van der Waals surface area contributed by atoms with E-state index in [4.69, 9.17) is 0 Å². The van der Waals surface area contributed by atoms with Gasteiger partial charge in [-0.25, -0.2) is 18.2 Å². The summed E-state index contributed by atoms with van der Waals surface area (Å²) in [5.41, 5.74) is -0.401. The molecule has 0 atom stereocenters. The Kier molecular flexibility index (Phi) is 5.03. The molecule has 0 amide bonds. The van der Waals surface area contributed by atoms with Crippen LogP contribution in [0, 0.1) is 6.92 Å². The molecule has 0 saturated heterocycles. The smallest absolute Gasteiger partial charge is 0.302 e. The van der Waals surface area contributed by atoms with Crippen LogP contribution in [0.4, 0.5) is 5.69 Å². The van der Waals surface area contributed by atoms with E-state index in [1.165, 1.54) is 30.1 Å². The summed E-state index contributed by atoms with van der Waals surface area (Å²) in [6, 6.07) is 6.70. The van der Waals surface area contributed by atoms with Crippen LogP contribution in [0.1, 0.15) is 5.69 Å². The van der Waals surface area contributed by atoms with Gasteiger partial charge >= 0.3 is 5.69 Å². The highest BCUT2D eigenvalue weighted by Crippen LogP contribution is 2.31. The summed E-state index contributed by atoms with van der Waals surface area (Å²) in [4.78, 5) is 29.8. The van der Waals surface area contributed by atoms with Crippen molar-refractivity contribution in [1.82, 2.24) is 14.5 Å². The Balaban J connectivity index is 1.81. The molecule has 136 valence electrons. The van der Waals surface area contributed by atoms with Gasteiger partial charge < -0.3 is 4.57 Å². The van der Waals surface area contributed by atoms with Crippen molar-refractivity contribution in [1.29, 1.82) is 0 Å². The first-order valence-corrected chi connectivity index (χ1v) is 10.5. The van der Waals surface area contributed by atoms with E-state index < -0.39 is 26.2 Å². The monoisotopic (exact) mass is 410 g/mol. The first kappa shape index (κ1) is 18.4. The standard InChI is InChI=1S/C15H14N4O4S3/c1-9-8-24-15(16-9)25-11-5-3-10(4-6-11)18-26(22,23)12-7-19(2)14(21)17-13(12)20/h3-8,18H,1-2H3,(H,17,20,21). The molecule has 11 heteroatoms. The average molecular weight is 411 g/mol. The van der Waals surface area contributed by atoms with Gasteiger partial charge in [0.05, 0.1) is 0 Å². The molecule has 0 unspecified atom stereocenters. The maximum atomic E-state index is 12.4. The van der Waals surface area contributed by atoms with Crippen LogP contribution in [0.15, 0.2) is 59.6 Å². The van der Waals surface area contributed by atoms with Gasteiger partial charge in [-0.15, -0.1) is 11.3 Å². The SMILES string of the molecule is Cc1csc(Sc2ccc(NS(=O)(=O)c3cn(C)c(=O)[nH]c3=O)cc2)n1. The van der Waals surface area contributed by atoms with E-state index in [-0.39, 0.29) is 0 Å². The van der Waals surface area contributed by atoms with E-state index >= 15 is 0 Å².